The van der Waals surface area contributed by atoms with Gasteiger partial charge in [0, 0.05) is 31.8 Å². The summed E-state index contributed by atoms with van der Waals surface area (Å²) in [6.07, 6.45) is 4.80. The van der Waals surface area contributed by atoms with Gasteiger partial charge in [-0.2, -0.15) is 5.26 Å². The van der Waals surface area contributed by atoms with Gasteiger partial charge in [-0.3, -0.25) is 4.79 Å². The highest BCUT2D eigenvalue weighted by atomic mass is 16.5. The Morgan fingerprint density at radius 2 is 2.18 bits per heavy atom. The van der Waals surface area contributed by atoms with Gasteiger partial charge in [0.05, 0.1) is 6.54 Å². The quantitative estimate of drug-likeness (QED) is 0.807. The molecule has 0 bridgehead atoms. The highest BCUT2D eigenvalue weighted by Crippen LogP contribution is 2.19. The minimum atomic E-state index is -0.209. The lowest BCUT2D eigenvalue weighted by molar-refractivity contribution is -0.135. The van der Waals surface area contributed by atoms with E-state index in [0.29, 0.717) is 13.1 Å². The van der Waals surface area contributed by atoms with Gasteiger partial charge in [0.15, 0.2) is 0 Å². The minimum Gasteiger partial charge on any atom is -0.470 e. The van der Waals surface area contributed by atoms with E-state index in [-0.39, 0.29) is 42.2 Å². The number of nitrogens with zero attached hydrogens (tertiary/aromatic N) is 4. The Morgan fingerprint density at radius 3 is 2.91 bits per heavy atom. The monoisotopic (exact) mass is 302 g/mol. The molecule has 0 aliphatic carbocycles. The Labute approximate surface area is 128 Å². The van der Waals surface area contributed by atoms with E-state index in [9.17, 15) is 9.59 Å². The maximum absolute atomic E-state index is 12.1. The number of nitriles is 1. The van der Waals surface area contributed by atoms with Crippen molar-refractivity contribution in [3.8, 4) is 11.9 Å². The predicted molar refractivity (Wildman–Crippen MR) is 76.9 cm³/mol. The second-order valence-corrected chi connectivity index (χ2v) is 5.25. The third kappa shape index (κ3) is 4.25. The molecule has 1 aromatic heterocycles. The van der Waals surface area contributed by atoms with Gasteiger partial charge in [0.1, 0.15) is 18.0 Å². The summed E-state index contributed by atoms with van der Waals surface area (Å²) in [4.78, 5) is 32.7. The van der Waals surface area contributed by atoms with Gasteiger partial charge in [0.25, 0.3) is 5.88 Å². The lowest BCUT2D eigenvalue weighted by atomic mass is 10.1. The SMILES string of the molecule is CC(=O)CCC(=O)N1CCCC(Oc2nccnc2C#N)C1. The van der Waals surface area contributed by atoms with E-state index in [1.165, 1.54) is 19.3 Å². The summed E-state index contributed by atoms with van der Waals surface area (Å²) in [5, 5.41) is 8.98. The van der Waals surface area contributed by atoms with Gasteiger partial charge in [-0.1, -0.05) is 0 Å². The maximum Gasteiger partial charge on any atom is 0.251 e. The third-order valence-corrected chi connectivity index (χ3v) is 3.47. The molecule has 1 aliphatic heterocycles. The molecule has 1 atom stereocenters. The van der Waals surface area contributed by atoms with Crippen LogP contribution in [0.3, 0.4) is 0 Å². The number of piperidine rings is 1. The van der Waals surface area contributed by atoms with Crippen LogP contribution < -0.4 is 4.74 Å². The molecule has 2 rings (SSSR count). The number of hydrogen-bond acceptors (Lipinski definition) is 6. The molecule has 2 heterocycles. The van der Waals surface area contributed by atoms with Gasteiger partial charge in [-0.15, -0.1) is 0 Å². The molecular formula is C15H18N4O3. The van der Waals surface area contributed by atoms with E-state index in [4.69, 9.17) is 10.00 Å². The van der Waals surface area contributed by atoms with Gasteiger partial charge < -0.3 is 14.4 Å². The van der Waals surface area contributed by atoms with Crippen LogP contribution in [0.1, 0.15) is 38.3 Å². The highest BCUT2D eigenvalue weighted by molar-refractivity contribution is 5.83. The lowest BCUT2D eigenvalue weighted by Crippen LogP contribution is -2.44. The fourth-order valence-corrected chi connectivity index (χ4v) is 2.35. The molecule has 1 fully saturated rings. The summed E-state index contributed by atoms with van der Waals surface area (Å²) in [5.74, 6) is 0.174. The van der Waals surface area contributed by atoms with E-state index < -0.39 is 0 Å². The van der Waals surface area contributed by atoms with E-state index >= 15 is 0 Å². The topological polar surface area (TPSA) is 96.2 Å². The molecule has 116 valence electrons. The second-order valence-electron chi connectivity index (χ2n) is 5.25. The first-order valence-electron chi connectivity index (χ1n) is 7.25. The van der Waals surface area contributed by atoms with Crippen molar-refractivity contribution in [2.75, 3.05) is 13.1 Å². The molecule has 0 N–H and O–H groups in total. The third-order valence-electron chi connectivity index (χ3n) is 3.47. The van der Waals surface area contributed by atoms with Crippen molar-refractivity contribution in [1.82, 2.24) is 14.9 Å². The molecule has 1 aliphatic rings. The van der Waals surface area contributed by atoms with Crippen LogP contribution >= 0.6 is 0 Å². The molecule has 7 heteroatoms. The van der Waals surface area contributed by atoms with Gasteiger partial charge in [-0.05, 0) is 19.8 Å². The maximum atomic E-state index is 12.1. The van der Waals surface area contributed by atoms with Crippen molar-refractivity contribution in [2.45, 2.75) is 38.7 Å². The smallest absolute Gasteiger partial charge is 0.251 e. The Hall–Kier alpha value is -2.49. The average Bonchev–Trinajstić information content (AvgIpc) is 2.53. The zero-order valence-electron chi connectivity index (χ0n) is 12.5. The zero-order valence-corrected chi connectivity index (χ0v) is 12.5. The Balaban J connectivity index is 1.94. The molecule has 7 nitrogen and oxygen atoms in total. The molecule has 0 spiro atoms. The lowest BCUT2D eigenvalue weighted by Gasteiger charge is -2.32. The van der Waals surface area contributed by atoms with Crippen molar-refractivity contribution in [2.24, 2.45) is 0 Å². The van der Waals surface area contributed by atoms with Crippen LogP contribution in [-0.4, -0.2) is 45.8 Å². The van der Waals surface area contributed by atoms with Crippen molar-refractivity contribution in [1.29, 1.82) is 5.26 Å². The van der Waals surface area contributed by atoms with Crippen LogP contribution in [-0.2, 0) is 9.59 Å². The van der Waals surface area contributed by atoms with Crippen LogP contribution in [0.15, 0.2) is 12.4 Å². The van der Waals surface area contributed by atoms with Gasteiger partial charge in [-0.25, -0.2) is 9.97 Å². The van der Waals surface area contributed by atoms with Crippen LogP contribution in [0.4, 0.5) is 0 Å². The van der Waals surface area contributed by atoms with Crippen molar-refractivity contribution < 1.29 is 14.3 Å². The molecule has 0 saturated carbocycles. The van der Waals surface area contributed by atoms with Crippen LogP contribution in [0.2, 0.25) is 0 Å². The highest BCUT2D eigenvalue weighted by Gasteiger charge is 2.25. The number of amides is 1. The number of carbonyl (C=O) groups excluding carboxylic acids is 2. The number of ketones is 1. The molecule has 0 aromatic carbocycles. The summed E-state index contributed by atoms with van der Waals surface area (Å²) in [7, 11) is 0. The predicted octanol–water partition coefficient (Wildman–Crippen LogP) is 1.09. The average molecular weight is 302 g/mol. The number of ether oxygens (including phenoxy) is 1. The van der Waals surface area contributed by atoms with Crippen molar-refractivity contribution in [3.05, 3.63) is 18.1 Å². The standard InChI is InChI=1S/C15H18N4O3/c1-11(20)4-5-14(21)19-8-2-3-12(10-19)22-15-13(9-16)17-6-7-18-15/h6-7,12H,2-5,8,10H2,1H3. The molecule has 1 aromatic rings. The second kappa shape index (κ2) is 7.50. The zero-order chi connectivity index (χ0) is 15.9. The summed E-state index contributed by atoms with van der Waals surface area (Å²) >= 11 is 0. The molecule has 1 saturated heterocycles. The fraction of sp³-hybridized carbons (Fsp3) is 0.533. The normalized spacial score (nSPS) is 17.6. The number of carbonyl (C=O) groups is 2. The summed E-state index contributed by atoms with van der Waals surface area (Å²) in [6, 6.07) is 1.94. The Morgan fingerprint density at radius 1 is 1.41 bits per heavy atom. The van der Waals surface area contributed by atoms with Gasteiger partial charge >= 0.3 is 0 Å². The summed E-state index contributed by atoms with van der Waals surface area (Å²) in [6.45, 7) is 2.59. The first-order valence-corrected chi connectivity index (χ1v) is 7.25. The van der Waals surface area contributed by atoms with E-state index in [2.05, 4.69) is 9.97 Å². The molecule has 22 heavy (non-hydrogen) atoms. The van der Waals surface area contributed by atoms with Crippen LogP contribution in [0.5, 0.6) is 5.88 Å². The van der Waals surface area contributed by atoms with E-state index in [0.717, 1.165) is 12.8 Å². The number of likely N-dealkylation sites (tertiary alicyclic amines) is 1. The minimum absolute atomic E-state index is 0.0105. The number of aromatic nitrogens is 2. The molecule has 0 radical (unpaired) electrons. The Bertz CT molecular complexity index is 597. The number of rotatable bonds is 5. The Kier molecular flexibility index (Phi) is 5.42. The van der Waals surface area contributed by atoms with E-state index in [1.807, 2.05) is 6.07 Å². The number of hydrogen-bond donors (Lipinski definition) is 0. The van der Waals surface area contributed by atoms with Gasteiger partial charge in [0.2, 0.25) is 11.6 Å². The summed E-state index contributed by atoms with van der Waals surface area (Å²) < 4.78 is 5.73. The first-order chi connectivity index (χ1) is 10.6. The van der Waals surface area contributed by atoms with Crippen molar-refractivity contribution >= 4 is 11.7 Å². The first kappa shape index (κ1) is 15.9. The molecule has 1 unspecified atom stereocenters. The summed E-state index contributed by atoms with van der Waals surface area (Å²) in [5.41, 5.74) is 0.141. The molecular weight excluding hydrogens is 284 g/mol. The van der Waals surface area contributed by atoms with Crippen LogP contribution in [0.25, 0.3) is 0 Å². The number of Topliss-reactive ketones (excluding diaryl/α,β-unsaturated/α-hetero) is 1. The largest absolute Gasteiger partial charge is 0.470 e. The molecule has 1 amide bonds. The van der Waals surface area contributed by atoms with Crippen LogP contribution in [0, 0.1) is 11.3 Å². The van der Waals surface area contributed by atoms with Crippen molar-refractivity contribution in [3.63, 3.8) is 0 Å². The van der Waals surface area contributed by atoms with E-state index in [1.54, 1.807) is 4.90 Å². The fourth-order valence-electron chi connectivity index (χ4n) is 2.35.